The average Bonchev–Trinajstić information content (AvgIpc) is 3.32. The average molecular weight is 421 g/mol. The minimum Gasteiger partial charge on any atom is -0.368 e. The minimum absolute atomic E-state index is 0.0818. The van der Waals surface area contributed by atoms with Crippen LogP contribution >= 0.6 is 0 Å². The summed E-state index contributed by atoms with van der Waals surface area (Å²) >= 11 is 0. The van der Waals surface area contributed by atoms with Gasteiger partial charge in [-0.25, -0.2) is 4.98 Å². The number of carbonyl (C=O) groups excluding carboxylic acids is 1. The monoisotopic (exact) mass is 420 g/mol. The molecular formula is C23H28N6O2. The smallest absolute Gasteiger partial charge is 0.269 e. The Hall–Kier alpha value is -2.92. The van der Waals surface area contributed by atoms with Crippen LogP contribution in [0.1, 0.15) is 54.6 Å². The molecule has 0 bridgehead atoms. The zero-order chi connectivity index (χ0) is 21.4. The minimum atomic E-state index is -0.402. The van der Waals surface area contributed by atoms with Gasteiger partial charge >= 0.3 is 0 Å². The first-order chi connectivity index (χ1) is 15.1. The standard InChI is InChI=1S/C23H28N6O2/c24-15-16-20(29-12-7-23(5-6-23)8-13-29)19-17(27-21(16)30)3-4-18(26-19)22(31)25-9-14-28-10-1-2-11-28/h3-4H,1-2,5-14H2,(H,25,31)(H,27,30). The lowest BCUT2D eigenvalue weighted by atomic mass is 9.93. The van der Waals surface area contributed by atoms with Gasteiger partial charge in [0.15, 0.2) is 0 Å². The second kappa shape index (κ2) is 7.97. The number of piperidine rings is 1. The number of rotatable bonds is 5. The van der Waals surface area contributed by atoms with Gasteiger partial charge < -0.3 is 20.1 Å². The van der Waals surface area contributed by atoms with Crippen LogP contribution in [0.2, 0.25) is 0 Å². The number of likely N-dealkylation sites (tertiary alicyclic amines) is 1. The van der Waals surface area contributed by atoms with E-state index in [4.69, 9.17) is 0 Å². The highest BCUT2D eigenvalue weighted by molar-refractivity contribution is 5.97. The first-order valence-corrected chi connectivity index (χ1v) is 11.3. The molecule has 0 radical (unpaired) electrons. The number of nitrogens with zero attached hydrogens (tertiary/aromatic N) is 4. The summed E-state index contributed by atoms with van der Waals surface area (Å²) in [6.45, 7) is 5.22. The highest BCUT2D eigenvalue weighted by atomic mass is 16.2. The van der Waals surface area contributed by atoms with Crippen molar-refractivity contribution in [3.05, 3.63) is 33.7 Å². The molecule has 2 saturated heterocycles. The molecule has 3 aliphatic rings. The highest BCUT2D eigenvalue weighted by Gasteiger charge is 2.45. The molecule has 2 aromatic heterocycles. The molecular weight excluding hydrogens is 392 g/mol. The van der Waals surface area contributed by atoms with Crippen LogP contribution in [0.3, 0.4) is 0 Å². The SMILES string of the molecule is N#Cc1c(N2CCC3(CC2)CC3)c2nc(C(=O)NCCN3CCCC3)ccc2[nH]c1=O. The molecule has 8 nitrogen and oxygen atoms in total. The highest BCUT2D eigenvalue weighted by Crippen LogP contribution is 2.54. The van der Waals surface area contributed by atoms with Crippen molar-refractivity contribution in [2.45, 2.75) is 38.5 Å². The number of aromatic nitrogens is 2. The van der Waals surface area contributed by atoms with Gasteiger partial charge in [0.2, 0.25) is 0 Å². The van der Waals surface area contributed by atoms with E-state index in [1.54, 1.807) is 12.1 Å². The fraction of sp³-hybridized carbons (Fsp3) is 0.565. The number of aromatic amines is 1. The Bertz CT molecular complexity index is 1100. The van der Waals surface area contributed by atoms with Gasteiger partial charge in [-0.1, -0.05) is 0 Å². The van der Waals surface area contributed by atoms with Crippen LogP contribution in [0.25, 0.3) is 11.0 Å². The Balaban J connectivity index is 1.42. The number of carbonyl (C=O) groups is 1. The summed E-state index contributed by atoms with van der Waals surface area (Å²) in [4.78, 5) is 37.1. The molecule has 2 aliphatic heterocycles. The first kappa shape index (κ1) is 20.0. The van der Waals surface area contributed by atoms with Gasteiger partial charge in [-0.15, -0.1) is 0 Å². The van der Waals surface area contributed by atoms with Crippen molar-refractivity contribution < 1.29 is 4.79 Å². The number of H-pyrrole nitrogens is 1. The number of fused-ring (bicyclic) bond motifs is 1. The van der Waals surface area contributed by atoms with Gasteiger partial charge in [0.25, 0.3) is 11.5 Å². The predicted molar refractivity (Wildman–Crippen MR) is 118 cm³/mol. The largest absolute Gasteiger partial charge is 0.368 e. The number of pyridine rings is 2. The van der Waals surface area contributed by atoms with Gasteiger partial charge in [-0.05, 0) is 69.2 Å². The third-order valence-electron chi connectivity index (χ3n) is 7.19. The topological polar surface area (TPSA) is 105 Å². The molecule has 4 heterocycles. The van der Waals surface area contributed by atoms with E-state index in [0.717, 1.165) is 45.6 Å². The Kier molecular flexibility index (Phi) is 5.14. The number of anilines is 1. The fourth-order valence-corrected chi connectivity index (χ4v) is 5.00. The Morgan fingerprint density at radius 3 is 2.58 bits per heavy atom. The van der Waals surface area contributed by atoms with Crippen LogP contribution in [-0.4, -0.2) is 60.0 Å². The molecule has 2 aromatic rings. The number of nitriles is 1. The summed E-state index contributed by atoms with van der Waals surface area (Å²) in [5.74, 6) is -0.229. The molecule has 1 amide bonds. The van der Waals surface area contributed by atoms with Crippen molar-refractivity contribution >= 4 is 22.6 Å². The molecule has 1 saturated carbocycles. The van der Waals surface area contributed by atoms with Crippen molar-refractivity contribution in [3.8, 4) is 6.07 Å². The molecule has 162 valence electrons. The van der Waals surface area contributed by atoms with Crippen molar-refractivity contribution in [1.82, 2.24) is 20.2 Å². The van der Waals surface area contributed by atoms with Crippen LogP contribution in [0.5, 0.6) is 0 Å². The second-order valence-corrected chi connectivity index (χ2v) is 9.17. The lowest BCUT2D eigenvalue weighted by molar-refractivity contribution is 0.0945. The molecule has 5 rings (SSSR count). The van der Waals surface area contributed by atoms with Crippen molar-refractivity contribution in [2.75, 3.05) is 44.2 Å². The maximum absolute atomic E-state index is 12.7. The number of nitrogens with one attached hydrogen (secondary N) is 2. The zero-order valence-electron chi connectivity index (χ0n) is 17.7. The Morgan fingerprint density at radius 1 is 1.16 bits per heavy atom. The number of hydrogen-bond acceptors (Lipinski definition) is 6. The van der Waals surface area contributed by atoms with E-state index in [0.29, 0.717) is 34.4 Å². The summed E-state index contributed by atoms with van der Waals surface area (Å²) < 4.78 is 0. The third-order valence-corrected chi connectivity index (χ3v) is 7.19. The summed E-state index contributed by atoms with van der Waals surface area (Å²) in [5, 5.41) is 12.6. The van der Waals surface area contributed by atoms with Crippen molar-refractivity contribution in [1.29, 1.82) is 5.26 Å². The fourth-order valence-electron chi connectivity index (χ4n) is 5.00. The summed E-state index contributed by atoms with van der Waals surface area (Å²) in [6.07, 6.45) is 7.15. The van der Waals surface area contributed by atoms with Gasteiger partial charge in [0, 0.05) is 26.2 Å². The van der Waals surface area contributed by atoms with Crippen LogP contribution < -0.4 is 15.8 Å². The summed E-state index contributed by atoms with van der Waals surface area (Å²) in [6, 6.07) is 5.42. The molecule has 0 atom stereocenters. The van der Waals surface area contributed by atoms with E-state index in [9.17, 15) is 14.9 Å². The first-order valence-electron chi connectivity index (χ1n) is 11.3. The molecule has 31 heavy (non-hydrogen) atoms. The Morgan fingerprint density at radius 2 is 1.90 bits per heavy atom. The number of amides is 1. The number of hydrogen-bond donors (Lipinski definition) is 2. The molecule has 2 N–H and O–H groups in total. The zero-order valence-corrected chi connectivity index (χ0v) is 17.7. The lowest BCUT2D eigenvalue weighted by Gasteiger charge is -2.34. The third kappa shape index (κ3) is 3.90. The Labute approximate surface area is 181 Å². The molecule has 8 heteroatoms. The molecule has 3 fully saturated rings. The second-order valence-electron chi connectivity index (χ2n) is 9.17. The van der Waals surface area contributed by atoms with Crippen LogP contribution in [0, 0.1) is 16.7 Å². The maximum Gasteiger partial charge on any atom is 0.269 e. The van der Waals surface area contributed by atoms with E-state index >= 15 is 0 Å². The maximum atomic E-state index is 12.7. The van der Waals surface area contributed by atoms with Crippen LogP contribution in [0.4, 0.5) is 5.69 Å². The van der Waals surface area contributed by atoms with Gasteiger partial charge in [0.1, 0.15) is 22.8 Å². The van der Waals surface area contributed by atoms with Crippen molar-refractivity contribution in [3.63, 3.8) is 0 Å². The summed E-state index contributed by atoms with van der Waals surface area (Å²) in [7, 11) is 0. The summed E-state index contributed by atoms with van der Waals surface area (Å²) in [5.41, 5.74) is 2.12. The van der Waals surface area contributed by atoms with Gasteiger partial charge in [0.05, 0.1) is 11.2 Å². The van der Waals surface area contributed by atoms with Crippen molar-refractivity contribution in [2.24, 2.45) is 5.41 Å². The quantitative estimate of drug-likeness (QED) is 0.767. The van der Waals surface area contributed by atoms with E-state index in [2.05, 4.69) is 31.2 Å². The molecule has 1 aliphatic carbocycles. The lowest BCUT2D eigenvalue weighted by Crippen LogP contribution is -2.36. The van der Waals surface area contributed by atoms with Crippen LogP contribution in [0.15, 0.2) is 16.9 Å². The normalized spacial score (nSPS) is 20.2. The molecule has 0 aromatic carbocycles. The van der Waals surface area contributed by atoms with Gasteiger partial charge in [-0.3, -0.25) is 9.59 Å². The van der Waals surface area contributed by atoms with Gasteiger partial charge in [-0.2, -0.15) is 5.26 Å². The van der Waals surface area contributed by atoms with Crippen LogP contribution in [-0.2, 0) is 0 Å². The van der Waals surface area contributed by atoms with E-state index in [-0.39, 0.29) is 11.5 Å². The van der Waals surface area contributed by atoms with E-state index in [1.165, 1.54) is 25.7 Å². The molecule has 1 spiro atoms. The van der Waals surface area contributed by atoms with E-state index in [1.807, 2.05) is 0 Å². The molecule has 0 unspecified atom stereocenters. The predicted octanol–water partition coefficient (Wildman–Crippen LogP) is 2.00. The van der Waals surface area contributed by atoms with E-state index < -0.39 is 5.56 Å².